The highest BCUT2D eigenvalue weighted by atomic mass is 16.8. The summed E-state index contributed by atoms with van der Waals surface area (Å²) in [5.74, 6) is -3.25. The summed E-state index contributed by atoms with van der Waals surface area (Å²) < 4.78 is 108. The van der Waals surface area contributed by atoms with Gasteiger partial charge in [-0.05, 0) is 26.2 Å². The fraction of sp³-hybridized carbons (Fsp3) is 0.936. The molecule has 51 heteroatoms. The van der Waals surface area contributed by atoms with Crippen molar-refractivity contribution in [1.29, 1.82) is 0 Å². The summed E-state index contributed by atoms with van der Waals surface area (Å²) in [6, 6.07) is -7.02. The molecule has 9 saturated heterocycles. The first-order chi connectivity index (χ1) is 69.3. The molecule has 9 rings (SSSR count). The van der Waals surface area contributed by atoms with E-state index >= 15 is 0 Å². The Morgan fingerprint density at radius 2 is 0.593 bits per heavy atom. The lowest BCUT2D eigenvalue weighted by Gasteiger charge is -2.51. The number of nitrogens with one attached hydrogen (secondary N) is 4. The van der Waals surface area contributed by atoms with Gasteiger partial charge in [-0.1, -0.05) is 167 Å². The lowest BCUT2D eigenvalue weighted by molar-refractivity contribution is -0.391. The van der Waals surface area contributed by atoms with E-state index < -0.39 is 365 Å². The van der Waals surface area contributed by atoms with Gasteiger partial charge in [0.2, 0.25) is 23.6 Å². The van der Waals surface area contributed by atoms with Crippen LogP contribution in [0, 0.1) is 0 Å². The Bertz CT molecular complexity index is 3690. The second kappa shape index (κ2) is 62.4. The van der Waals surface area contributed by atoms with E-state index in [0.717, 1.165) is 85.0 Å². The SMILES string of the molecule is CCCCCCCCCCCCC/C=C/[C@@H](O)[C@H](CO[C@@H]1OC(CO)[C@@H](O[C@@H]2OC(CO)[C@H](O)[C@H](O[C@@H]3OC(CO)[C@@H](O[C@@H]4OC(CO[C@@H]5OC(CO)[C@@H](O[C@@H]6OC(CO)[C@H](O)[C@H](O)C6O[C@H]6OC(C)[C@@H](O)C(O)[C@@H]6O)[C@H](O)C5NC(C)=O)[C@H](O)[C@H](O[C@@H]5OC(CO)[C@@H](O[C@@H]6OC(CO)[C@H](O)[C@H](O)C6O)[C@H](O)C5NC(C)=O)C4O)[C@H](O)C3NC(C)=O)C2O)[C@H](O)C1O)NC(=O)CCCCCCCCCCCCCCC. The molecule has 0 saturated carbocycles. The number of hydrogen-bond acceptors (Lipinski definition) is 47. The van der Waals surface area contributed by atoms with E-state index in [1.807, 2.05) is 6.08 Å². The molecule has 0 aliphatic carbocycles. The van der Waals surface area contributed by atoms with Gasteiger partial charge in [0.25, 0.3) is 0 Å². The maximum absolute atomic E-state index is 13.6. The maximum Gasteiger partial charge on any atom is 0.220 e. The normalized spacial score (nSPS) is 41.0. The molecule has 51 nitrogen and oxygen atoms in total. The summed E-state index contributed by atoms with van der Waals surface area (Å²) in [6.45, 7) is -0.713. The van der Waals surface area contributed by atoms with Crippen LogP contribution in [-0.2, 0) is 104 Å². The van der Waals surface area contributed by atoms with Crippen LogP contribution >= 0.6 is 0 Å². The summed E-state index contributed by atoms with van der Waals surface area (Å²) >= 11 is 0. The Morgan fingerprint density at radius 3 is 1.02 bits per heavy atom. The predicted molar refractivity (Wildman–Crippen MR) is 493 cm³/mol. The van der Waals surface area contributed by atoms with Gasteiger partial charge in [0.15, 0.2) is 56.6 Å². The van der Waals surface area contributed by atoms with Crippen LogP contribution in [0.25, 0.3) is 0 Å². The summed E-state index contributed by atoms with van der Waals surface area (Å²) in [6.07, 6.45) is -55.6. The molecule has 145 heavy (non-hydrogen) atoms. The Hall–Kier alpha value is -4.10. The van der Waals surface area contributed by atoms with E-state index in [9.17, 15) is 147 Å². The van der Waals surface area contributed by atoms with E-state index in [0.29, 0.717) is 12.8 Å². The smallest absolute Gasteiger partial charge is 0.220 e. The third-order valence-corrected chi connectivity index (χ3v) is 27.9. The molecule has 9 aliphatic rings. The topological polar surface area (TPSA) is 788 Å². The summed E-state index contributed by atoms with van der Waals surface area (Å²) in [5, 5.41) is 294. The summed E-state index contributed by atoms with van der Waals surface area (Å²) in [4.78, 5) is 53.4. The van der Waals surface area contributed by atoms with E-state index in [1.54, 1.807) is 6.08 Å². The third-order valence-electron chi connectivity index (χ3n) is 27.9. The number of allylic oxidation sites excluding steroid dienone is 1. The molecule has 9 fully saturated rings. The van der Waals surface area contributed by atoms with Gasteiger partial charge >= 0.3 is 0 Å². The summed E-state index contributed by atoms with van der Waals surface area (Å²) in [5.41, 5.74) is 0. The number of unbranched alkanes of at least 4 members (excludes halogenated alkanes) is 23. The van der Waals surface area contributed by atoms with Crippen molar-refractivity contribution in [3.8, 4) is 0 Å². The van der Waals surface area contributed by atoms with Crippen LogP contribution in [0.5, 0.6) is 0 Å². The van der Waals surface area contributed by atoms with E-state index in [1.165, 1.54) is 90.4 Å². The zero-order valence-corrected chi connectivity index (χ0v) is 83.2. The van der Waals surface area contributed by atoms with E-state index in [2.05, 4.69) is 35.1 Å². The van der Waals surface area contributed by atoms with Gasteiger partial charge in [-0.25, -0.2) is 0 Å². The van der Waals surface area contributed by atoms with Gasteiger partial charge in [0.05, 0.1) is 77.7 Å². The van der Waals surface area contributed by atoms with Crippen molar-refractivity contribution in [3.63, 3.8) is 0 Å². The van der Waals surface area contributed by atoms with Crippen molar-refractivity contribution in [2.24, 2.45) is 0 Å². The van der Waals surface area contributed by atoms with Gasteiger partial charge in [-0.2, -0.15) is 0 Å². The van der Waals surface area contributed by atoms with E-state index in [-0.39, 0.29) is 12.3 Å². The van der Waals surface area contributed by atoms with Crippen molar-refractivity contribution in [2.75, 3.05) is 59.5 Å². The first-order valence-electron chi connectivity index (χ1n) is 51.4. The standard InChI is InChI=1S/C94H166N4O47/c1-7-9-11-13-15-17-19-21-23-25-27-29-31-33-49(109)48(98-58(110)34-32-30-28-26-24-22-20-18-16-14-12-10-8-2)42-128-89-76(125)73(122)82(56(41-105)137-89)141-92-77(126)83(65(114)52(37-101)132-92)143-87-61(97-47(6)108)69(118)80(55(40-104)136-87)140-93-78(127)84(144-88-60(96-46(5)107)68(117)79(54(39-103)135-88)139-91-75(124)71(120)63(112)50(35-99)131-91)66(115)57(138-93)43-129-86-59(95-45(4)106)67(116)81(53(38-102)134-86)142-94-85(72(121)64(113)51(36-100)133-94)145-90-74(123)70(119)62(111)44(3)130-90/h31,33,44,48-57,59-94,99-105,109,111-127H,7-30,32,34-43H2,1-6H3,(H,95,106)(H,96,107)(H,97,108)(H,98,110)/b33-31+/t44?,48-,49+,50?,51?,52?,53?,54?,55?,56?,57?,59?,60?,61?,62+,63-,64-,65-,66-,67+,68+,69+,70?,71-,72-,73+,74-,75?,76?,77?,78?,79+,80+,81+,82+,83-,84-,85?,86+,87-,88-,89+,90+,91-,92-,93-,94-/m0/s1. The number of aliphatic hydroxyl groups is 25. The van der Waals surface area contributed by atoms with Crippen LogP contribution < -0.4 is 21.3 Å². The minimum atomic E-state index is -2.52. The molecule has 0 aromatic carbocycles. The number of rotatable bonds is 59. The van der Waals surface area contributed by atoms with Crippen LogP contribution in [-0.4, -0.2) is 499 Å². The lowest BCUT2D eigenvalue weighted by Crippen LogP contribution is -2.71. The van der Waals surface area contributed by atoms with Crippen LogP contribution in [0.2, 0.25) is 0 Å². The van der Waals surface area contributed by atoms with Gasteiger partial charge < -0.3 is 234 Å². The van der Waals surface area contributed by atoms with Gasteiger partial charge in [-0.15, -0.1) is 0 Å². The lowest BCUT2D eigenvalue weighted by atomic mass is 9.93. The molecule has 4 amide bonds. The molecule has 0 aromatic rings. The largest absolute Gasteiger partial charge is 0.394 e. The van der Waals surface area contributed by atoms with Crippen LogP contribution in [0.1, 0.15) is 208 Å². The van der Waals surface area contributed by atoms with Crippen molar-refractivity contribution in [2.45, 2.75) is 497 Å². The summed E-state index contributed by atoms with van der Waals surface area (Å²) in [7, 11) is 0. The number of aliphatic hydroxyl groups excluding tert-OH is 25. The maximum atomic E-state index is 13.6. The molecule has 29 N–H and O–H groups in total. The third kappa shape index (κ3) is 34.4. The number of carbonyl (C=O) groups is 4. The molecule has 844 valence electrons. The minimum absolute atomic E-state index is 0.131. The van der Waals surface area contributed by atoms with Gasteiger partial charge in [0, 0.05) is 27.2 Å². The van der Waals surface area contributed by atoms with E-state index in [4.69, 9.17) is 85.3 Å². The van der Waals surface area contributed by atoms with Crippen molar-refractivity contribution >= 4 is 23.6 Å². The zero-order chi connectivity index (χ0) is 106. The number of carbonyl (C=O) groups excluding carboxylic acids is 4. The van der Waals surface area contributed by atoms with Gasteiger partial charge in [-0.3, -0.25) is 19.2 Å². The molecule has 0 aromatic heterocycles. The average molecular weight is 2100 g/mol. The first kappa shape index (κ1) is 124. The first-order valence-corrected chi connectivity index (χ1v) is 51.4. The Morgan fingerprint density at radius 1 is 0.290 bits per heavy atom. The average Bonchev–Trinajstić information content (AvgIpc) is 0.764. The van der Waals surface area contributed by atoms with Crippen LogP contribution in [0.3, 0.4) is 0 Å². The van der Waals surface area contributed by atoms with Crippen molar-refractivity contribution in [3.05, 3.63) is 12.2 Å². The molecular formula is C94H166N4O47. The molecule has 9 heterocycles. The van der Waals surface area contributed by atoms with Crippen molar-refractivity contribution in [1.82, 2.24) is 21.3 Å². The highest BCUT2D eigenvalue weighted by molar-refractivity contribution is 5.76. The highest BCUT2D eigenvalue weighted by Crippen LogP contribution is 2.41. The minimum Gasteiger partial charge on any atom is -0.394 e. The second-order valence-corrected chi connectivity index (χ2v) is 39.1. The van der Waals surface area contributed by atoms with Crippen LogP contribution in [0.15, 0.2) is 12.2 Å². The quantitative estimate of drug-likeness (QED) is 0.0199. The Balaban J connectivity index is 0.929. The Kier molecular flexibility index (Phi) is 53.6. The number of hydrogen-bond donors (Lipinski definition) is 29. The van der Waals surface area contributed by atoms with Crippen LogP contribution in [0.4, 0.5) is 0 Å². The van der Waals surface area contributed by atoms with Gasteiger partial charge in [0.1, 0.15) is 213 Å². The fourth-order valence-corrected chi connectivity index (χ4v) is 19.4. The number of amides is 4. The van der Waals surface area contributed by atoms with Crippen molar-refractivity contribution < 1.29 is 232 Å². The molecule has 0 radical (unpaired) electrons. The second-order valence-electron chi connectivity index (χ2n) is 39.1. The molecule has 9 aliphatic heterocycles. The molecule has 18 unspecified atom stereocenters. The number of ether oxygens (including phenoxy) is 18. The molecule has 0 spiro atoms. The molecule has 47 atom stereocenters. The highest BCUT2D eigenvalue weighted by Gasteiger charge is 2.61. The monoisotopic (exact) mass is 2100 g/mol. The predicted octanol–water partition coefficient (Wildman–Crippen LogP) is -8.56. The fourth-order valence-electron chi connectivity index (χ4n) is 19.4. The molecular weight excluding hydrogens is 1940 g/mol. The molecule has 0 bridgehead atoms. The zero-order valence-electron chi connectivity index (χ0n) is 83.2. The Labute approximate surface area is 842 Å².